The summed E-state index contributed by atoms with van der Waals surface area (Å²) >= 11 is 3.41. The van der Waals surface area contributed by atoms with Crippen LogP contribution in [-0.2, 0) is 4.79 Å². The zero-order valence-corrected chi connectivity index (χ0v) is 14.5. The second-order valence-electron chi connectivity index (χ2n) is 5.41. The molecule has 2 aromatic carbocycles. The van der Waals surface area contributed by atoms with E-state index in [1.54, 1.807) is 12.2 Å². The molecule has 122 valence electrons. The van der Waals surface area contributed by atoms with Gasteiger partial charge in [-0.05, 0) is 43.7 Å². The van der Waals surface area contributed by atoms with E-state index < -0.39 is 11.6 Å². The molecule has 0 heterocycles. The minimum Gasteiger partial charge on any atom is -0.332 e. The van der Waals surface area contributed by atoms with Crippen molar-refractivity contribution in [3.8, 4) is 0 Å². The maximum atomic E-state index is 13.7. The summed E-state index contributed by atoms with van der Waals surface area (Å²) in [4.78, 5) is 12.0. The fourth-order valence-electron chi connectivity index (χ4n) is 2.16. The van der Waals surface area contributed by atoms with E-state index in [1.165, 1.54) is 12.1 Å². The quantitative estimate of drug-likeness (QED) is 0.817. The summed E-state index contributed by atoms with van der Waals surface area (Å²) in [5, 5.41) is 4.49. The molecule has 2 aromatic rings. The van der Waals surface area contributed by atoms with E-state index >= 15 is 0 Å². The molecule has 0 aliphatic carbocycles. The summed E-state index contributed by atoms with van der Waals surface area (Å²) in [5.41, 5.74) is 2.15. The Morgan fingerprint density at radius 2 is 2.00 bits per heavy atom. The lowest BCUT2D eigenvalue weighted by Gasteiger charge is -2.12. The number of amides is 1. The molecule has 0 spiro atoms. The minimum atomic E-state index is -0.610. The Kier molecular flexibility index (Phi) is 5.85. The van der Waals surface area contributed by atoms with Crippen LogP contribution in [0.3, 0.4) is 0 Å². The molecule has 0 saturated heterocycles. The number of anilines is 1. The molecule has 0 aliphatic rings. The number of nitrogens with one attached hydrogen (secondary N) is 1. The van der Waals surface area contributed by atoms with Crippen LogP contribution >= 0.6 is 15.9 Å². The van der Waals surface area contributed by atoms with Crippen molar-refractivity contribution < 1.29 is 18.9 Å². The zero-order chi connectivity index (χ0) is 17.0. The third kappa shape index (κ3) is 4.84. The highest BCUT2D eigenvalue weighted by molar-refractivity contribution is 9.10. The summed E-state index contributed by atoms with van der Waals surface area (Å²) < 4.78 is 27.5. The van der Waals surface area contributed by atoms with Gasteiger partial charge in [-0.3, -0.25) is 4.79 Å². The summed E-state index contributed by atoms with van der Waals surface area (Å²) in [7, 11) is 0. The van der Waals surface area contributed by atoms with Crippen molar-refractivity contribution in [2.75, 3.05) is 11.9 Å². The number of aryl methyl sites for hydroxylation is 1. The highest BCUT2D eigenvalue weighted by Gasteiger charge is 2.16. The Bertz CT molecular complexity index is 722. The second-order valence-corrected chi connectivity index (χ2v) is 6.26. The van der Waals surface area contributed by atoms with Gasteiger partial charge in [0.05, 0.1) is 0 Å². The van der Waals surface area contributed by atoms with Crippen LogP contribution in [-0.4, -0.2) is 12.5 Å². The molecule has 3 N–H and O–H groups in total. The van der Waals surface area contributed by atoms with Crippen molar-refractivity contribution in [3.05, 3.63) is 63.6 Å². The van der Waals surface area contributed by atoms with Crippen LogP contribution in [0.1, 0.15) is 24.1 Å². The topological polar surface area (TPSA) is 45.7 Å². The lowest BCUT2D eigenvalue weighted by atomic mass is 10.1. The van der Waals surface area contributed by atoms with Gasteiger partial charge in [0.1, 0.15) is 17.7 Å². The van der Waals surface area contributed by atoms with Gasteiger partial charge >= 0.3 is 0 Å². The van der Waals surface area contributed by atoms with Gasteiger partial charge in [0, 0.05) is 21.8 Å². The van der Waals surface area contributed by atoms with E-state index in [0.29, 0.717) is 11.3 Å². The summed E-state index contributed by atoms with van der Waals surface area (Å²) in [5.74, 6) is -1.40. The maximum Gasteiger partial charge on any atom is 0.279 e. The molecular formula is C17H18BrF2N2O+. The average Bonchev–Trinajstić information content (AvgIpc) is 2.48. The third-order valence-corrected chi connectivity index (χ3v) is 4.42. The number of halogens is 3. The number of hydrogen-bond acceptors (Lipinski definition) is 1. The van der Waals surface area contributed by atoms with E-state index in [0.717, 1.165) is 16.1 Å². The fraction of sp³-hybridized carbons (Fsp3) is 0.235. The average molecular weight is 384 g/mol. The van der Waals surface area contributed by atoms with E-state index in [1.807, 2.05) is 25.1 Å². The lowest BCUT2D eigenvalue weighted by Crippen LogP contribution is -2.86. The van der Waals surface area contributed by atoms with Crippen molar-refractivity contribution in [2.24, 2.45) is 0 Å². The Morgan fingerprint density at radius 1 is 1.26 bits per heavy atom. The molecule has 23 heavy (non-hydrogen) atoms. The number of nitrogens with two attached hydrogens (primary N) is 1. The molecule has 3 nitrogen and oxygen atoms in total. The second kappa shape index (κ2) is 7.66. The SMILES string of the molecule is Cc1ccc(NC(=O)C[NH2+][C@H](C)c2ccc(F)cc2F)cc1Br. The lowest BCUT2D eigenvalue weighted by molar-refractivity contribution is -0.682. The molecule has 1 atom stereocenters. The van der Waals surface area contributed by atoms with Gasteiger partial charge in [-0.25, -0.2) is 8.78 Å². The van der Waals surface area contributed by atoms with Crippen LogP contribution in [0.25, 0.3) is 0 Å². The van der Waals surface area contributed by atoms with Crippen LogP contribution in [0.5, 0.6) is 0 Å². The molecule has 0 aromatic heterocycles. The smallest absolute Gasteiger partial charge is 0.279 e. The van der Waals surface area contributed by atoms with Gasteiger partial charge < -0.3 is 10.6 Å². The van der Waals surface area contributed by atoms with Crippen LogP contribution in [0.2, 0.25) is 0 Å². The number of hydrogen-bond donors (Lipinski definition) is 2. The van der Waals surface area contributed by atoms with Crippen LogP contribution in [0.15, 0.2) is 40.9 Å². The molecule has 0 saturated carbocycles. The van der Waals surface area contributed by atoms with Crippen LogP contribution < -0.4 is 10.6 Å². The van der Waals surface area contributed by atoms with E-state index in [-0.39, 0.29) is 18.5 Å². The van der Waals surface area contributed by atoms with Crippen LogP contribution in [0, 0.1) is 18.6 Å². The van der Waals surface area contributed by atoms with Crippen LogP contribution in [0.4, 0.5) is 14.5 Å². The molecule has 0 bridgehead atoms. The number of rotatable bonds is 5. The molecular weight excluding hydrogens is 366 g/mol. The summed E-state index contributed by atoms with van der Waals surface area (Å²) in [6, 6.07) is 8.74. The van der Waals surface area contributed by atoms with Crippen molar-refractivity contribution in [1.82, 2.24) is 0 Å². The zero-order valence-electron chi connectivity index (χ0n) is 12.9. The summed E-state index contributed by atoms with van der Waals surface area (Å²) in [6.07, 6.45) is 0. The third-order valence-electron chi connectivity index (χ3n) is 3.57. The van der Waals surface area contributed by atoms with Gasteiger partial charge in [-0.15, -0.1) is 0 Å². The molecule has 0 radical (unpaired) electrons. The number of carbonyl (C=O) groups excluding carboxylic acids is 1. The highest BCUT2D eigenvalue weighted by atomic mass is 79.9. The monoisotopic (exact) mass is 383 g/mol. The fourth-order valence-corrected chi connectivity index (χ4v) is 2.54. The number of benzene rings is 2. The molecule has 0 aliphatic heterocycles. The van der Waals surface area contributed by atoms with E-state index in [9.17, 15) is 13.6 Å². The maximum absolute atomic E-state index is 13.7. The van der Waals surface area contributed by atoms with Crippen molar-refractivity contribution in [3.63, 3.8) is 0 Å². The van der Waals surface area contributed by atoms with E-state index in [4.69, 9.17) is 0 Å². The summed E-state index contributed by atoms with van der Waals surface area (Å²) in [6.45, 7) is 3.87. The first kappa shape index (κ1) is 17.6. The Labute approximate surface area is 142 Å². The molecule has 0 fully saturated rings. The predicted molar refractivity (Wildman–Crippen MR) is 89.1 cm³/mol. The van der Waals surface area contributed by atoms with Crippen molar-refractivity contribution >= 4 is 27.5 Å². The normalized spacial score (nSPS) is 12.0. The molecule has 6 heteroatoms. The van der Waals surface area contributed by atoms with E-state index in [2.05, 4.69) is 21.2 Å². The van der Waals surface area contributed by atoms with Gasteiger partial charge in [0.25, 0.3) is 5.91 Å². The van der Waals surface area contributed by atoms with Gasteiger partial charge in [0.2, 0.25) is 0 Å². The number of quaternary nitrogens is 1. The predicted octanol–water partition coefficient (Wildman–Crippen LogP) is 3.30. The van der Waals surface area contributed by atoms with Crippen molar-refractivity contribution in [2.45, 2.75) is 19.9 Å². The Hall–Kier alpha value is -1.79. The van der Waals surface area contributed by atoms with Gasteiger partial charge in [0.15, 0.2) is 6.54 Å². The first-order valence-electron chi connectivity index (χ1n) is 7.21. The minimum absolute atomic E-state index is 0.142. The van der Waals surface area contributed by atoms with Gasteiger partial charge in [-0.2, -0.15) is 0 Å². The molecule has 2 rings (SSSR count). The molecule has 1 amide bonds. The molecule has 0 unspecified atom stereocenters. The first-order valence-corrected chi connectivity index (χ1v) is 8.00. The largest absolute Gasteiger partial charge is 0.332 e. The van der Waals surface area contributed by atoms with Gasteiger partial charge in [-0.1, -0.05) is 22.0 Å². The Balaban J connectivity index is 1.91. The highest BCUT2D eigenvalue weighted by Crippen LogP contribution is 2.20. The van der Waals surface area contributed by atoms with Crippen molar-refractivity contribution in [1.29, 1.82) is 0 Å². The standard InChI is InChI=1S/C17H17BrF2N2O/c1-10-3-5-13(8-15(10)18)22-17(23)9-21-11(2)14-6-4-12(19)7-16(14)20/h3-8,11,21H,9H2,1-2H3,(H,22,23)/p+1/t11-/m1/s1. The number of carbonyl (C=O) groups is 1. The Morgan fingerprint density at radius 3 is 2.65 bits per heavy atom. The first-order chi connectivity index (χ1) is 10.9.